The van der Waals surface area contributed by atoms with E-state index in [0.717, 1.165) is 44.6 Å². The number of carbonyl (C=O) groups excluding carboxylic acids is 1. The highest BCUT2D eigenvalue weighted by Crippen LogP contribution is 2.24. The van der Waals surface area contributed by atoms with Gasteiger partial charge in [0.25, 0.3) is 0 Å². The number of halogens is 2. The van der Waals surface area contributed by atoms with Crippen molar-refractivity contribution >= 4 is 11.6 Å². The third-order valence-electron chi connectivity index (χ3n) is 4.31. The first-order chi connectivity index (χ1) is 10.1. The molecule has 4 nitrogen and oxygen atoms in total. The molecule has 2 heterocycles. The van der Waals surface area contributed by atoms with Gasteiger partial charge in [-0.3, -0.25) is 9.69 Å². The lowest BCUT2D eigenvalue weighted by Crippen LogP contribution is -2.46. The average Bonchev–Trinajstić information content (AvgIpc) is 2.90. The van der Waals surface area contributed by atoms with Crippen LogP contribution in [-0.2, 0) is 4.79 Å². The van der Waals surface area contributed by atoms with Crippen LogP contribution in [0.5, 0.6) is 0 Å². The summed E-state index contributed by atoms with van der Waals surface area (Å²) in [5.74, 6) is -1.44. The molecule has 0 saturated carbocycles. The number of piperidine rings is 1. The highest BCUT2D eigenvalue weighted by atomic mass is 19.2. The molecular formula is C15H19F2N3O. The van der Waals surface area contributed by atoms with Crippen molar-refractivity contribution in [3.63, 3.8) is 0 Å². The molecule has 0 radical (unpaired) electrons. The van der Waals surface area contributed by atoms with E-state index in [1.165, 1.54) is 6.07 Å². The van der Waals surface area contributed by atoms with Gasteiger partial charge in [-0.15, -0.1) is 0 Å². The van der Waals surface area contributed by atoms with Gasteiger partial charge in [0.2, 0.25) is 5.91 Å². The molecule has 0 aromatic heterocycles. The molecule has 2 aliphatic rings. The molecule has 0 aliphatic carbocycles. The lowest BCUT2D eigenvalue weighted by molar-refractivity contribution is -0.117. The Kier molecular flexibility index (Phi) is 4.17. The van der Waals surface area contributed by atoms with E-state index in [-0.39, 0.29) is 11.6 Å². The number of carbonyl (C=O) groups is 1. The van der Waals surface area contributed by atoms with Crippen LogP contribution in [0, 0.1) is 17.6 Å². The van der Waals surface area contributed by atoms with Gasteiger partial charge in [0.15, 0.2) is 11.6 Å². The third-order valence-corrected chi connectivity index (χ3v) is 4.31. The maximum Gasteiger partial charge on any atom is 0.238 e. The van der Waals surface area contributed by atoms with E-state index in [1.54, 1.807) is 0 Å². The van der Waals surface area contributed by atoms with Crippen molar-refractivity contribution in [2.24, 2.45) is 5.92 Å². The van der Waals surface area contributed by atoms with Crippen LogP contribution in [0.3, 0.4) is 0 Å². The SMILES string of the molecule is O=C(CN1CCC2NCCC2C1)Nc1ccc(F)c(F)c1. The number of hydrogen-bond donors (Lipinski definition) is 2. The summed E-state index contributed by atoms with van der Waals surface area (Å²) in [5.41, 5.74) is 0.288. The summed E-state index contributed by atoms with van der Waals surface area (Å²) < 4.78 is 25.9. The van der Waals surface area contributed by atoms with Crippen molar-refractivity contribution in [3.05, 3.63) is 29.8 Å². The Morgan fingerprint density at radius 1 is 1.33 bits per heavy atom. The summed E-state index contributed by atoms with van der Waals surface area (Å²) in [4.78, 5) is 14.1. The van der Waals surface area contributed by atoms with Crippen LogP contribution in [0.2, 0.25) is 0 Å². The molecule has 2 aliphatic heterocycles. The van der Waals surface area contributed by atoms with Crippen molar-refractivity contribution in [1.29, 1.82) is 0 Å². The first-order valence-corrected chi connectivity index (χ1v) is 7.32. The molecule has 1 aromatic rings. The first kappa shape index (κ1) is 14.4. The van der Waals surface area contributed by atoms with E-state index < -0.39 is 11.6 Å². The van der Waals surface area contributed by atoms with Gasteiger partial charge in [-0.25, -0.2) is 8.78 Å². The fourth-order valence-electron chi connectivity index (χ4n) is 3.24. The van der Waals surface area contributed by atoms with Crippen molar-refractivity contribution in [3.8, 4) is 0 Å². The molecule has 1 amide bonds. The Morgan fingerprint density at radius 3 is 3.00 bits per heavy atom. The normalized spacial score (nSPS) is 25.6. The quantitative estimate of drug-likeness (QED) is 0.890. The summed E-state index contributed by atoms with van der Waals surface area (Å²) in [6.07, 6.45) is 2.22. The molecule has 21 heavy (non-hydrogen) atoms. The molecule has 1 aromatic carbocycles. The summed E-state index contributed by atoms with van der Waals surface area (Å²) in [6, 6.07) is 3.97. The van der Waals surface area contributed by atoms with E-state index in [1.807, 2.05) is 0 Å². The third kappa shape index (κ3) is 3.39. The molecule has 2 saturated heterocycles. The molecule has 114 valence electrons. The lowest BCUT2D eigenvalue weighted by atomic mass is 9.93. The predicted molar refractivity (Wildman–Crippen MR) is 75.9 cm³/mol. The van der Waals surface area contributed by atoms with Crippen molar-refractivity contribution in [2.75, 3.05) is 31.5 Å². The second-order valence-corrected chi connectivity index (χ2v) is 5.81. The maximum absolute atomic E-state index is 13.1. The fraction of sp³-hybridized carbons (Fsp3) is 0.533. The fourth-order valence-corrected chi connectivity index (χ4v) is 3.24. The van der Waals surface area contributed by atoms with E-state index >= 15 is 0 Å². The van der Waals surface area contributed by atoms with Crippen molar-refractivity contribution in [2.45, 2.75) is 18.9 Å². The van der Waals surface area contributed by atoms with Gasteiger partial charge in [0.1, 0.15) is 0 Å². The number of fused-ring (bicyclic) bond motifs is 1. The molecule has 2 fully saturated rings. The molecule has 2 N–H and O–H groups in total. The second-order valence-electron chi connectivity index (χ2n) is 5.81. The molecule has 3 rings (SSSR count). The average molecular weight is 295 g/mol. The summed E-state index contributed by atoms with van der Waals surface area (Å²) in [7, 11) is 0. The zero-order chi connectivity index (χ0) is 14.8. The number of amides is 1. The van der Waals surface area contributed by atoms with E-state index in [4.69, 9.17) is 0 Å². The summed E-state index contributed by atoms with van der Waals surface area (Å²) in [6.45, 7) is 3.16. The van der Waals surface area contributed by atoms with Crippen LogP contribution in [0.4, 0.5) is 14.5 Å². The van der Waals surface area contributed by atoms with Gasteiger partial charge in [-0.05, 0) is 37.4 Å². The Balaban J connectivity index is 1.53. The highest BCUT2D eigenvalue weighted by molar-refractivity contribution is 5.92. The Morgan fingerprint density at radius 2 is 2.19 bits per heavy atom. The van der Waals surface area contributed by atoms with Crippen molar-refractivity contribution in [1.82, 2.24) is 10.2 Å². The minimum Gasteiger partial charge on any atom is -0.325 e. The number of anilines is 1. The monoisotopic (exact) mass is 295 g/mol. The van der Waals surface area contributed by atoms with E-state index in [0.29, 0.717) is 18.5 Å². The van der Waals surface area contributed by atoms with Gasteiger partial charge in [-0.2, -0.15) is 0 Å². The number of nitrogens with one attached hydrogen (secondary N) is 2. The Labute approximate surface area is 122 Å². The number of hydrogen-bond acceptors (Lipinski definition) is 3. The molecule has 6 heteroatoms. The maximum atomic E-state index is 13.1. The van der Waals surface area contributed by atoms with Gasteiger partial charge in [0, 0.05) is 30.9 Å². The number of benzene rings is 1. The minimum atomic E-state index is -0.953. The van der Waals surface area contributed by atoms with Crippen LogP contribution in [0.25, 0.3) is 0 Å². The van der Waals surface area contributed by atoms with Crippen molar-refractivity contribution < 1.29 is 13.6 Å². The smallest absolute Gasteiger partial charge is 0.238 e. The molecule has 2 atom stereocenters. The standard InChI is InChI=1S/C15H19F2N3O/c16-12-2-1-11(7-13(12)17)19-15(21)9-20-6-4-14-10(8-20)3-5-18-14/h1-2,7,10,14,18H,3-6,8-9H2,(H,19,21). The topological polar surface area (TPSA) is 44.4 Å². The summed E-state index contributed by atoms with van der Waals surface area (Å²) in [5, 5.41) is 6.09. The summed E-state index contributed by atoms with van der Waals surface area (Å²) >= 11 is 0. The van der Waals surface area contributed by atoms with E-state index in [2.05, 4.69) is 15.5 Å². The van der Waals surface area contributed by atoms with Gasteiger partial charge >= 0.3 is 0 Å². The first-order valence-electron chi connectivity index (χ1n) is 7.32. The number of nitrogens with zero attached hydrogens (tertiary/aromatic N) is 1. The van der Waals surface area contributed by atoms with Gasteiger partial charge in [-0.1, -0.05) is 0 Å². The van der Waals surface area contributed by atoms with Crippen LogP contribution in [-0.4, -0.2) is 43.0 Å². The lowest BCUT2D eigenvalue weighted by Gasteiger charge is -2.34. The molecule has 2 unspecified atom stereocenters. The minimum absolute atomic E-state index is 0.189. The number of rotatable bonds is 3. The van der Waals surface area contributed by atoms with E-state index in [9.17, 15) is 13.6 Å². The van der Waals surface area contributed by atoms with Crippen LogP contribution >= 0.6 is 0 Å². The highest BCUT2D eigenvalue weighted by Gasteiger charge is 2.32. The predicted octanol–water partition coefficient (Wildman–Crippen LogP) is 1.59. The molecule has 0 bridgehead atoms. The second kappa shape index (κ2) is 6.07. The van der Waals surface area contributed by atoms with Gasteiger partial charge in [0.05, 0.1) is 6.54 Å². The molecule has 0 spiro atoms. The Bertz CT molecular complexity index is 538. The van der Waals surface area contributed by atoms with Gasteiger partial charge < -0.3 is 10.6 Å². The Hall–Kier alpha value is -1.53. The zero-order valence-electron chi connectivity index (χ0n) is 11.7. The zero-order valence-corrected chi connectivity index (χ0v) is 11.7. The van der Waals surface area contributed by atoms with Crippen LogP contribution < -0.4 is 10.6 Å². The number of likely N-dealkylation sites (tertiary alicyclic amines) is 1. The van der Waals surface area contributed by atoms with Crippen LogP contribution in [0.1, 0.15) is 12.8 Å². The molecular weight excluding hydrogens is 276 g/mol. The van der Waals surface area contributed by atoms with Crippen LogP contribution in [0.15, 0.2) is 18.2 Å². The largest absolute Gasteiger partial charge is 0.325 e.